The Hall–Kier alpha value is -1.59. The summed E-state index contributed by atoms with van der Waals surface area (Å²) >= 11 is 12.1. The molecule has 1 amide bonds. The maximum atomic E-state index is 10.8. The molecule has 1 heterocycles. The van der Waals surface area contributed by atoms with Crippen LogP contribution in [0.15, 0.2) is 23.4 Å². The normalized spacial score (nSPS) is 16.7. The molecule has 1 fully saturated rings. The van der Waals surface area contributed by atoms with Gasteiger partial charge < -0.3 is 9.74 Å². The fourth-order valence-electron chi connectivity index (χ4n) is 2.40. The third-order valence-corrected chi connectivity index (χ3v) is 4.01. The number of hydrogen-bond donors (Lipinski definition) is 0. The minimum Gasteiger partial charge on any atom is -0.345 e. The Morgan fingerprint density at radius 1 is 1.29 bits per heavy atom. The first-order chi connectivity index (χ1) is 10.2. The van der Waals surface area contributed by atoms with E-state index in [0.29, 0.717) is 34.4 Å². The Morgan fingerprint density at radius 3 is 2.57 bits per heavy atom. The largest absolute Gasteiger partial charge is 0.345 e. The molecule has 112 valence electrons. The lowest BCUT2D eigenvalue weighted by Crippen LogP contribution is -2.35. The summed E-state index contributed by atoms with van der Waals surface area (Å²) in [5.74, 6) is 0.0693. The predicted octanol–water partition coefficient (Wildman–Crippen LogP) is 2.74. The van der Waals surface area contributed by atoms with Crippen LogP contribution in [0.5, 0.6) is 0 Å². The van der Waals surface area contributed by atoms with E-state index in [4.69, 9.17) is 23.2 Å². The average Bonchev–Trinajstić information content (AvgIpc) is 2.50. The van der Waals surface area contributed by atoms with E-state index in [-0.39, 0.29) is 12.4 Å². The molecule has 0 spiro atoms. The van der Waals surface area contributed by atoms with Gasteiger partial charge >= 0.3 is 6.47 Å². The van der Waals surface area contributed by atoms with Crippen molar-refractivity contribution in [3.63, 3.8) is 0 Å². The average molecular weight is 329 g/mol. The van der Waals surface area contributed by atoms with Gasteiger partial charge in [0.15, 0.2) is 0 Å². The highest BCUT2D eigenvalue weighted by molar-refractivity contribution is 6.37. The Balaban J connectivity index is 2.27. The van der Waals surface area contributed by atoms with Crippen LogP contribution in [0.2, 0.25) is 10.0 Å². The minimum absolute atomic E-state index is 0.0693. The fraction of sp³-hybridized carbons (Fsp3) is 0.357. The number of benzene rings is 1. The Morgan fingerprint density at radius 2 is 2.00 bits per heavy atom. The highest BCUT2D eigenvalue weighted by Crippen LogP contribution is 2.28. The van der Waals surface area contributed by atoms with Gasteiger partial charge in [0.2, 0.25) is 6.41 Å². The van der Waals surface area contributed by atoms with Gasteiger partial charge in [-0.15, -0.1) is 0 Å². The molecule has 7 heteroatoms. The number of rotatable bonds is 5. The van der Waals surface area contributed by atoms with Crippen LogP contribution in [0.1, 0.15) is 18.4 Å². The molecule has 0 atom stereocenters. The molecule has 0 bridgehead atoms. The highest BCUT2D eigenvalue weighted by Gasteiger charge is 2.25. The number of carbonyl (C=O) groups is 2. The van der Waals surface area contributed by atoms with Crippen molar-refractivity contribution < 1.29 is 14.4 Å². The Labute approximate surface area is 132 Å². The van der Waals surface area contributed by atoms with E-state index in [1.165, 1.54) is 0 Å². The SMILES string of the molecule is O=CON=C(c1ccc(Cl)cc1Cl)C1CCN(C=O)CC1. The third-order valence-electron chi connectivity index (χ3n) is 3.47. The molecule has 0 radical (unpaired) electrons. The van der Waals surface area contributed by atoms with Gasteiger partial charge in [-0.05, 0) is 25.0 Å². The number of carbonyl (C=O) groups excluding carboxylic acids is 2. The van der Waals surface area contributed by atoms with E-state index in [2.05, 4.69) is 9.99 Å². The van der Waals surface area contributed by atoms with Crippen LogP contribution in [-0.2, 0) is 14.4 Å². The molecule has 0 aromatic heterocycles. The Kier molecular flexibility index (Phi) is 5.59. The van der Waals surface area contributed by atoms with Gasteiger partial charge in [0.05, 0.1) is 10.7 Å². The van der Waals surface area contributed by atoms with Crippen LogP contribution in [0.25, 0.3) is 0 Å². The van der Waals surface area contributed by atoms with E-state index in [1.807, 2.05) is 0 Å². The van der Waals surface area contributed by atoms with Crippen molar-refractivity contribution in [2.75, 3.05) is 13.1 Å². The van der Waals surface area contributed by atoms with E-state index in [9.17, 15) is 9.59 Å². The zero-order valence-electron chi connectivity index (χ0n) is 11.2. The van der Waals surface area contributed by atoms with E-state index < -0.39 is 0 Å². The zero-order valence-corrected chi connectivity index (χ0v) is 12.7. The topological polar surface area (TPSA) is 59.0 Å². The standard InChI is InChI=1S/C14H14Cl2N2O3/c15-11-1-2-12(13(16)7-11)14(17-21-9-20)10-3-5-18(8-19)6-4-10/h1-2,7-10H,3-6H2. The summed E-state index contributed by atoms with van der Waals surface area (Å²) in [6.07, 6.45) is 2.31. The molecule has 1 saturated heterocycles. The number of oxime groups is 1. The second-order valence-corrected chi connectivity index (χ2v) is 5.56. The first-order valence-corrected chi connectivity index (χ1v) is 7.23. The van der Waals surface area contributed by atoms with Gasteiger partial charge in [0, 0.05) is 29.6 Å². The van der Waals surface area contributed by atoms with Gasteiger partial charge in [0.1, 0.15) is 0 Å². The first-order valence-electron chi connectivity index (χ1n) is 6.48. The molecule has 21 heavy (non-hydrogen) atoms. The van der Waals surface area contributed by atoms with Gasteiger partial charge in [-0.1, -0.05) is 34.4 Å². The molecule has 1 aromatic carbocycles. The van der Waals surface area contributed by atoms with E-state index in [1.54, 1.807) is 23.1 Å². The maximum absolute atomic E-state index is 10.8. The summed E-state index contributed by atoms with van der Waals surface area (Å²) < 4.78 is 0. The summed E-state index contributed by atoms with van der Waals surface area (Å²) in [7, 11) is 0. The molecular weight excluding hydrogens is 315 g/mol. The molecule has 1 aliphatic rings. The number of nitrogens with zero attached hydrogens (tertiary/aromatic N) is 2. The van der Waals surface area contributed by atoms with Crippen molar-refractivity contribution in [1.82, 2.24) is 4.90 Å². The number of piperidine rings is 1. The van der Waals surface area contributed by atoms with Crippen molar-refractivity contribution in [2.45, 2.75) is 12.8 Å². The number of amides is 1. The smallest absolute Gasteiger partial charge is 0.323 e. The quantitative estimate of drug-likeness (QED) is 0.361. The van der Waals surface area contributed by atoms with Crippen LogP contribution in [0.4, 0.5) is 0 Å². The lowest BCUT2D eigenvalue weighted by atomic mass is 9.88. The van der Waals surface area contributed by atoms with Crippen LogP contribution in [0, 0.1) is 5.92 Å². The summed E-state index contributed by atoms with van der Waals surface area (Å²) in [4.78, 5) is 27.5. The summed E-state index contributed by atoms with van der Waals surface area (Å²) in [5, 5.41) is 4.87. The number of hydrogen-bond acceptors (Lipinski definition) is 4. The minimum atomic E-state index is 0.0693. The molecule has 5 nitrogen and oxygen atoms in total. The van der Waals surface area contributed by atoms with Gasteiger partial charge in [-0.25, -0.2) is 0 Å². The predicted molar refractivity (Wildman–Crippen MR) is 80.5 cm³/mol. The van der Waals surface area contributed by atoms with Crippen LogP contribution >= 0.6 is 23.2 Å². The van der Waals surface area contributed by atoms with Crippen molar-refractivity contribution in [2.24, 2.45) is 11.1 Å². The van der Waals surface area contributed by atoms with Gasteiger partial charge in [0.25, 0.3) is 0 Å². The highest BCUT2D eigenvalue weighted by atomic mass is 35.5. The third kappa shape index (κ3) is 3.95. The molecule has 0 aliphatic carbocycles. The van der Waals surface area contributed by atoms with Crippen molar-refractivity contribution in [3.8, 4) is 0 Å². The maximum Gasteiger partial charge on any atom is 0.323 e. The van der Waals surface area contributed by atoms with Crippen LogP contribution in [-0.4, -0.2) is 36.6 Å². The van der Waals surface area contributed by atoms with Gasteiger partial charge in [-0.3, -0.25) is 9.59 Å². The number of halogens is 2. The summed E-state index contributed by atoms with van der Waals surface area (Å²) in [5.41, 5.74) is 1.29. The fourth-order valence-corrected chi connectivity index (χ4v) is 2.90. The van der Waals surface area contributed by atoms with E-state index in [0.717, 1.165) is 19.3 Å². The van der Waals surface area contributed by atoms with Crippen molar-refractivity contribution in [1.29, 1.82) is 0 Å². The van der Waals surface area contributed by atoms with Crippen molar-refractivity contribution in [3.05, 3.63) is 33.8 Å². The molecule has 0 N–H and O–H groups in total. The van der Waals surface area contributed by atoms with Crippen LogP contribution < -0.4 is 0 Å². The molecule has 0 unspecified atom stereocenters. The van der Waals surface area contributed by atoms with Crippen LogP contribution in [0.3, 0.4) is 0 Å². The van der Waals surface area contributed by atoms with Crippen molar-refractivity contribution >= 4 is 41.8 Å². The summed E-state index contributed by atoms with van der Waals surface area (Å²) in [6, 6.07) is 5.08. The second kappa shape index (κ2) is 7.43. The van der Waals surface area contributed by atoms with E-state index >= 15 is 0 Å². The first kappa shape index (κ1) is 15.8. The zero-order chi connectivity index (χ0) is 15.2. The summed E-state index contributed by atoms with van der Waals surface area (Å²) in [6.45, 7) is 1.54. The molecular formula is C14H14Cl2N2O3. The molecule has 0 saturated carbocycles. The number of likely N-dealkylation sites (tertiary alicyclic amines) is 1. The monoisotopic (exact) mass is 328 g/mol. The Bertz CT molecular complexity index is 555. The molecule has 1 aromatic rings. The lowest BCUT2D eigenvalue weighted by Gasteiger charge is -2.29. The van der Waals surface area contributed by atoms with Gasteiger partial charge in [-0.2, -0.15) is 0 Å². The molecule has 1 aliphatic heterocycles. The molecule has 2 rings (SSSR count). The second-order valence-electron chi connectivity index (χ2n) is 4.72. The lowest BCUT2D eigenvalue weighted by molar-refractivity contribution is -0.128.